The largest absolute Gasteiger partial charge is 0.378 e. The van der Waals surface area contributed by atoms with E-state index in [1.807, 2.05) is 50.5 Å². The predicted molar refractivity (Wildman–Crippen MR) is 174 cm³/mol. The minimum atomic E-state index is -0.259. The van der Waals surface area contributed by atoms with Gasteiger partial charge in [0.05, 0.1) is 18.6 Å². The Hall–Kier alpha value is -4.39. The second-order valence-corrected chi connectivity index (χ2v) is 12.0. The Labute approximate surface area is 263 Å². The molecule has 0 bridgehead atoms. The number of pyridine rings is 1. The highest BCUT2D eigenvalue weighted by atomic mass is 16.5. The number of rotatable bonds is 11. The number of benzene rings is 1. The fraction of sp³-hybridized carbons (Fsp3) is 0.424. The molecule has 1 aromatic carbocycles. The summed E-state index contributed by atoms with van der Waals surface area (Å²) in [5.74, 6) is 0.768. The van der Waals surface area contributed by atoms with Gasteiger partial charge in [-0.2, -0.15) is 0 Å². The van der Waals surface area contributed by atoms with Crippen molar-refractivity contribution in [2.45, 2.75) is 31.8 Å². The summed E-state index contributed by atoms with van der Waals surface area (Å²) in [6.45, 7) is 6.28. The van der Waals surface area contributed by atoms with Crippen molar-refractivity contribution in [3.8, 4) is 11.3 Å². The smallest absolute Gasteiger partial charge is 0.274 e. The molecule has 2 saturated heterocycles. The molecule has 0 radical (unpaired) electrons. The number of aromatic amines is 1. The molecule has 2 amide bonds. The fourth-order valence-electron chi connectivity index (χ4n) is 5.94. The van der Waals surface area contributed by atoms with Crippen LogP contribution in [0.5, 0.6) is 0 Å². The van der Waals surface area contributed by atoms with Crippen LogP contribution in [0.4, 0.5) is 11.5 Å². The zero-order valence-electron chi connectivity index (χ0n) is 26.0. The first-order valence-electron chi connectivity index (χ1n) is 15.6. The maximum atomic E-state index is 13.1. The van der Waals surface area contributed by atoms with Crippen LogP contribution in [0.15, 0.2) is 55.0 Å². The van der Waals surface area contributed by atoms with Crippen molar-refractivity contribution in [3.05, 3.63) is 66.2 Å². The third-order valence-corrected chi connectivity index (χ3v) is 8.28. The summed E-state index contributed by atoms with van der Waals surface area (Å²) in [4.78, 5) is 48.7. The van der Waals surface area contributed by atoms with E-state index in [9.17, 15) is 9.59 Å². The van der Waals surface area contributed by atoms with Crippen molar-refractivity contribution in [1.29, 1.82) is 0 Å². The lowest BCUT2D eigenvalue weighted by atomic mass is 10.1. The number of H-pyrrole nitrogens is 1. The molecule has 2 fully saturated rings. The third-order valence-electron chi connectivity index (χ3n) is 8.28. The van der Waals surface area contributed by atoms with E-state index in [0.717, 1.165) is 79.2 Å². The SMILES string of the molecule is CN(C)CCCC(=O)NC1CCN(Cc2ccnc(C(=O)Nc3ccc(-c4cc5c(N6CCOCC6)ncnc5[nH]4)cc3)c2)C1. The first-order chi connectivity index (χ1) is 21.9. The minimum absolute atomic E-state index is 0.119. The van der Waals surface area contributed by atoms with E-state index in [0.29, 0.717) is 37.6 Å². The number of carbonyl (C=O) groups excluding carboxylic acids is 2. The highest BCUT2D eigenvalue weighted by molar-refractivity contribution is 6.03. The van der Waals surface area contributed by atoms with Crippen LogP contribution in [0.2, 0.25) is 0 Å². The van der Waals surface area contributed by atoms with Gasteiger partial charge >= 0.3 is 0 Å². The molecule has 1 atom stereocenters. The van der Waals surface area contributed by atoms with Gasteiger partial charge in [-0.15, -0.1) is 0 Å². The first kappa shape index (κ1) is 30.6. The Bertz CT molecular complexity index is 1620. The summed E-state index contributed by atoms with van der Waals surface area (Å²) < 4.78 is 5.49. The van der Waals surface area contributed by atoms with E-state index in [-0.39, 0.29) is 17.9 Å². The zero-order valence-corrected chi connectivity index (χ0v) is 26.0. The van der Waals surface area contributed by atoms with Gasteiger partial charge in [0.25, 0.3) is 5.91 Å². The van der Waals surface area contributed by atoms with E-state index in [1.165, 1.54) is 0 Å². The molecule has 4 aromatic rings. The summed E-state index contributed by atoms with van der Waals surface area (Å²) in [7, 11) is 4.03. The predicted octanol–water partition coefficient (Wildman–Crippen LogP) is 3.14. The Balaban J connectivity index is 1.03. The Morgan fingerprint density at radius 1 is 1.04 bits per heavy atom. The molecule has 0 spiro atoms. The molecule has 12 nitrogen and oxygen atoms in total. The molecule has 5 heterocycles. The van der Waals surface area contributed by atoms with Crippen molar-refractivity contribution in [1.82, 2.24) is 35.1 Å². The Morgan fingerprint density at radius 3 is 2.67 bits per heavy atom. The summed E-state index contributed by atoms with van der Waals surface area (Å²) >= 11 is 0. The first-order valence-corrected chi connectivity index (χ1v) is 15.6. The molecule has 2 aliphatic heterocycles. The summed E-state index contributed by atoms with van der Waals surface area (Å²) in [6, 6.07) is 13.7. The molecule has 0 aliphatic carbocycles. The number of anilines is 2. The van der Waals surface area contributed by atoms with Crippen LogP contribution < -0.4 is 15.5 Å². The van der Waals surface area contributed by atoms with Gasteiger partial charge in [0.1, 0.15) is 23.5 Å². The Kier molecular flexibility index (Phi) is 9.63. The maximum Gasteiger partial charge on any atom is 0.274 e. The highest BCUT2D eigenvalue weighted by Crippen LogP contribution is 2.29. The summed E-state index contributed by atoms with van der Waals surface area (Å²) in [5, 5.41) is 7.12. The number of nitrogens with zero attached hydrogens (tertiary/aromatic N) is 6. The quantitative estimate of drug-likeness (QED) is 0.234. The molecule has 236 valence electrons. The second kappa shape index (κ2) is 14.1. The monoisotopic (exact) mass is 611 g/mol. The average molecular weight is 612 g/mol. The van der Waals surface area contributed by atoms with Gasteiger partial charge in [-0.05, 0) is 74.9 Å². The second-order valence-electron chi connectivity index (χ2n) is 12.0. The van der Waals surface area contributed by atoms with Crippen LogP contribution in [0, 0.1) is 0 Å². The van der Waals surface area contributed by atoms with Gasteiger partial charge in [0.15, 0.2) is 0 Å². The fourth-order valence-corrected chi connectivity index (χ4v) is 5.94. The molecule has 1 unspecified atom stereocenters. The number of nitrogens with one attached hydrogen (secondary N) is 3. The lowest BCUT2D eigenvalue weighted by Crippen LogP contribution is -2.37. The molecule has 2 aliphatic rings. The molecule has 6 rings (SSSR count). The third kappa shape index (κ3) is 7.83. The van der Waals surface area contributed by atoms with Crippen LogP contribution in [-0.2, 0) is 16.1 Å². The molecule has 12 heteroatoms. The van der Waals surface area contributed by atoms with Crippen molar-refractivity contribution < 1.29 is 14.3 Å². The van der Waals surface area contributed by atoms with E-state index in [2.05, 4.69) is 51.3 Å². The van der Waals surface area contributed by atoms with Crippen molar-refractivity contribution >= 4 is 34.4 Å². The lowest BCUT2D eigenvalue weighted by molar-refractivity contribution is -0.121. The molecule has 45 heavy (non-hydrogen) atoms. The van der Waals surface area contributed by atoms with Gasteiger partial charge < -0.3 is 30.2 Å². The number of carbonyl (C=O) groups is 2. The number of likely N-dealkylation sites (tertiary alicyclic amines) is 1. The van der Waals surface area contributed by atoms with Crippen molar-refractivity contribution in [3.63, 3.8) is 0 Å². The van der Waals surface area contributed by atoms with E-state index >= 15 is 0 Å². The standard InChI is InChI=1S/C33H41N9O3/c1-40(2)12-3-4-30(43)37-26-10-13-41(21-26)20-23-9-11-34-29(18-23)33(44)38-25-7-5-24(6-8-25)28-19-27-31(39-28)35-22-36-32(27)42-14-16-45-17-15-42/h5-9,11,18-19,22,26H,3-4,10,12-17,20-21H2,1-2H3,(H,37,43)(H,38,44)(H,35,36,39). The number of hydrogen-bond donors (Lipinski definition) is 3. The van der Waals surface area contributed by atoms with Gasteiger partial charge in [-0.3, -0.25) is 19.5 Å². The number of morpholine rings is 1. The minimum Gasteiger partial charge on any atom is -0.378 e. The van der Waals surface area contributed by atoms with Crippen LogP contribution in [0.1, 0.15) is 35.3 Å². The van der Waals surface area contributed by atoms with Gasteiger partial charge in [-0.1, -0.05) is 12.1 Å². The average Bonchev–Trinajstić information content (AvgIpc) is 3.68. The summed E-state index contributed by atoms with van der Waals surface area (Å²) in [5.41, 5.74) is 4.76. The molecule has 3 N–H and O–H groups in total. The molecular formula is C33H41N9O3. The van der Waals surface area contributed by atoms with Crippen molar-refractivity contribution in [2.24, 2.45) is 0 Å². The molecular weight excluding hydrogens is 570 g/mol. The van der Waals surface area contributed by atoms with Gasteiger partial charge in [0, 0.05) is 62.8 Å². The number of amides is 2. The van der Waals surface area contributed by atoms with Gasteiger partial charge in [-0.25, -0.2) is 9.97 Å². The van der Waals surface area contributed by atoms with E-state index < -0.39 is 0 Å². The van der Waals surface area contributed by atoms with E-state index in [1.54, 1.807) is 12.5 Å². The van der Waals surface area contributed by atoms with Gasteiger partial charge in [0.2, 0.25) is 5.91 Å². The number of aromatic nitrogens is 4. The molecule has 3 aromatic heterocycles. The Morgan fingerprint density at radius 2 is 1.87 bits per heavy atom. The van der Waals surface area contributed by atoms with Crippen molar-refractivity contribution in [2.75, 3.05) is 70.2 Å². The molecule has 0 saturated carbocycles. The van der Waals surface area contributed by atoms with Crippen LogP contribution in [0.25, 0.3) is 22.3 Å². The topological polar surface area (TPSA) is 132 Å². The highest BCUT2D eigenvalue weighted by Gasteiger charge is 2.24. The summed E-state index contributed by atoms with van der Waals surface area (Å²) in [6.07, 6.45) is 5.60. The normalized spacial score (nSPS) is 17.2. The van der Waals surface area contributed by atoms with Crippen LogP contribution in [-0.4, -0.2) is 108 Å². The lowest BCUT2D eigenvalue weighted by Gasteiger charge is -2.27. The maximum absolute atomic E-state index is 13.1. The van der Waals surface area contributed by atoms with E-state index in [4.69, 9.17) is 4.74 Å². The van der Waals surface area contributed by atoms with Crippen LogP contribution >= 0.6 is 0 Å². The number of ether oxygens (including phenoxy) is 1. The zero-order chi connectivity index (χ0) is 31.2. The number of fused-ring (bicyclic) bond motifs is 1. The number of hydrogen-bond acceptors (Lipinski definition) is 9. The van der Waals surface area contributed by atoms with Crippen LogP contribution in [0.3, 0.4) is 0 Å².